The van der Waals surface area contributed by atoms with Gasteiger partial charge in [-0.1, -0.05) is 26.0 Å². The summed E-state index contributed by atoms with van der Waals surface area (Å²) >= 11 is 0. The molecule has 1 saturated heterocycles. The zero-order chi connectivity index (χ0) is 24.9. The van der Waals surface area contributed by atoms with Crippen LogP contribution in [0.1, 0.15) is 63.4 Å². The fraction of sp³-hybridized carbons (Fsp3) is 0.542. The zero-order valence-corrected chi connectivity index (χ0v) is 20.1. The first-order valence-electron chi connectivity index (χ1n) is 11.9. The van der Waals surface area contributed by atoms with Gasteiger partial charge in [0.1, 0.15) is 12.1 Å². The van der Waals surface area contributed by atoms with E-state index in [0.29, 0.717) is 11.6 Å². The zero-order valence-electron chi connectivity index (χ0n) is 20.1. The number of fused-ring (bicyclic) bond motifs is 1. The van der Waals surface area contributed by atoms with E-state index in [1.807, 2.05) is 27.0 Å². The van der Waals surface area contributed by atoms with Gasteiger partial charge in [0, 0.05) is 37.5 Å². The molecule has 1 aliphatic carbocycles. The van der Waals surface area contributed by atoms with E-state index < -0.39 is 35.3 Å². The number of aromatic nitrogens is 5. The van der Waals surface area contributed by atoms with Crippen LogP contribution in [0.3, 0.4) is 0 Å². The summed E-state index contributed by atoms with van der Waals surface area (Å²) in [6, 6.07) is 1.39. The molecule has 3 aromatic rings. The Morgan fingerprint density at radius 2 is 2.06 bits per heavy atom. The predicted octanol–water partition coefficient (Wildman–Crippen LogP) is 1.81. The monoisotopic (exact) mass is 483 g/mol. The van der Waals surface area contributed by atoms with Gasteiger partial charge in [-0.2, -0.15) is 0 Å². The molecule has 0 aromatic carbocycles. The molecule has 11 heteroatoms. The summed E-state index contributed by atoms with van der Waals surface area (Å²) in [4.78, 5) is 32.5. The van der Waals surface area contributed by atoms with Crippen LogP contribution in [-0.4, -0.2) is 64.9 Å². The van der Waals surface area contributed by atoms with Crippen molar-refractivity contribution in [1.82, 2.24) is 34.6 Å². The summed E-state index contributed by atoms with van der Waals surface area (Å²) in [6.07, 6.45) is 6.63. The fourth-order valence-electron chi connectivity index (χ4n) is 4.74. The summed E-state index contributed by atoms with van der Waals surface area (Å²) in [5.41, 5.74) is 1.05. The van der Waals surface area contributed by atoms with Crippen molar-refractivity contribution in [2.75, 3.05) is 6.54 Å². The first kappa shape index (κ1) is 23.4. The highest BCUT2D eigenvalue weighted by molar-refractivity contribution is 5.90. The number of likely N-dealkylation sites (tertiary alicyclic amines) is 1. The van der Waals surface area contributed by atoms with Crippen LogP contribution in [0.4, 0.5) is 4.39 Å². The summed E-state index contributed by atoms with van der Waals surface area (Å²) in [5, 5.41) is 21.6. The molecule has 10 nitrogen and oxygen atoms in total. The van der Waals surface area contributed by atoms with Crippen LogP contribution in [0.5, 0.6) is 0 Å². The van der Waals surface area contributed by atoms with Crippen molar-refractivity contribution in [2.24, 2.45) is 5.41 Å². The largest absolute Gasteiger partial charge is 0.391 e. The predicted molar refractivity (Wildman–Crippen MR) is 124 cm³/mol. The van der Waals surface area contributed by atoms with Crippen LogP contribution >= 0.6 is 0 Å². The normalized spacial score (nSPS) is 21.5. The summed E-state index contributed by atoms with van der Waals surface area (Å²) in [6.45, 7) is 5.97. The van der Waals surface area contributed by atoms with Crippen LogP contribution in [0.15, 0.2) is 30.7 Å². The van der Waals surface area contributed by atoms with Gasteiger partial charge in [-0.15, -0.1) is 5.10 Å². The second kappa shape index (κ2) is 8.71. The number of β-amino-alcohol motifs (C(OH)–C–C–N with tert-alkyl or cyclic N) is 1. The van der Waals surface area contributed by atoms with E-state index in [2.05, 4.69) is 20.6 Å². The Morgan fingerprint density at radius 1 is 1.29 bits per heavy atom. The van der Waals surface area contributed by atoms with Gasteiger partial charge in [-0.05, 0) is 30.4 Å². The molecule has 1 saturated carbocycles. The molecule has 0 spiro atoms. The van der Waals surface area contributed by atoms with Crippen LogP contribution in [0, 0.1) is 11.2 Å². The lowest BCUT2D eigenvalue weighted by atomic mass is 9.85. The Bertz CT molecular complexity index is 1260. The number of hydrogen-bond donors (Lipinski definition) is 2. The number of pyridine rings is 1. The molecule has 2 N–H and O–H groups in total. The van der Waals surface area contributed by atoms with Crippen molar-refractivity contribution < 1.29 is 19.1 Å². The number of rotatable bonds is 6. The lowest BCUT2D eigenvalue weighted by Crippen LogP contribution is -2.50. The highest BCUT2D eigenvalue weighted by Gasteiger charge is 2.45. The number of carbonyl (C=O) groups excluding carboxylic acids is 2. The number of halogens is 1. The Kier molecular flexibility index (Phi) is 5.82. The maximum absolute atomic E-state index is 13.9. The minimum Gasteiger partial charge on any atom is -0.391 e. The molecule has 2 aliphatic rings. The molecule has 4 heterocycles. The van der Waals surface area contributed by atoms with Gasteiger partial charge in [-0.3, -0.25) is 9.59 Å². The third-order valence-corrected chi connectivity index (χ3v) is 6.64. The minimum absolute atomic E-state index is 0.0628. The molecule has 0 bridgehead atoms. The first-order chi connectivity index (χ1) is 16.6. The summed E-state index contributed by atoms with van der Waals surface area (Å²) in [5.74, 6) is -0.722. The molecule has 186 valence electrons. The van der Waals surface area contributed by atoms with Gasteiger partial charge in [0.05, 0.1) is 24.0 Å². The third kappa shape index (κ3) is 4.64. The lowest BCUT2D eigenvalue weighted by molar-refractivity contribution is -0.144. The second-order valence-electron chi connectivity index (χ2n) is 10.6. The SMILES string of the molecule is CC(C)(C)[C@@H](C(=O)N1CC(O)CC1C(=O)NCc1cn2cccc(F)c2n1)n1cc(C2CC2)nn1. The molecule has 2 fully saturated rings. The molecule has 5 rings (SSSR count). The lowest BCUT2D eigenvalue weighted by Gasteiger charge is -2.34. The van der Waals surface area contributed by atoms with Gasteiger partial charge in [-0.25, -0.2) is 14.1 Å². The molecule has 3 atom stereocenters. The van der Waals surface area contributed by atoms with Crippen molar-refractivity contribution in [2.45, 2.75) is 70.7 Å². The maximum atomic E-state index is 13.9. The molecule has 2 amide bonds. The molecular formula is C24H30FN7O3. The van der Waals surface area contributed by atoms with Crippen molar-refractivity contribution >= 4 is 17.5 Å². The molecule has 2 unspecified atom stereocenters. The van der Waals surface area contributed by atoms with E-state index in [-0.39, 0.29) is 31.1 Å². The third-order valence-electron chi connectivity index (χ3n) is 6.64. The van der Waals surface area contributed by atoms with Gasteiger partial charge >= 0.3 is 0 Å². The van der Waals surface area contributed by atoms with Crippen molar-refractivity contribution in [1.29, 1.82) is 0 Å². The number of imidazole rings is 1. The van der Waals surface area contributed by atoms with E-state index in [9.17, 15) is 19.1 Å². The highest BCUT2D eigenvalue weighted by Crippen LogP contribution is 2.40. The Morgan fingerprint density at radius 3 is 2.74 bits per heavy atom. The van der Waals surface area contributed by atoms with Crippen LogP contribution < -0.4 is 5.32 Å². The quantitative estimate of drug-likeness (QED) is 0.552. The Balaban J connectivity index is 1.33. The van der Waals surface area contributed by atoms with Crippen molar-refractivity contribution in [3.8, 4) is 0 Å². The first-order valence-corrected chi connectivity index (χ1v) is 11.9. The Labute approximate surface area is 202 Å². The van der Waals surface area contributed by atoms with Crippen LogP contribution in [0.2, 0.25) is 0 Å². The molecular weight excluding hydrogens is 453 g/mol. The van der Waals surface area contributed by atoms with E-state index in [4.69, 9.17) is 0 Å². The number of carbonyl (C=O) groups is 2. The molecule has 0 radical (unpaired) electrons. The topological polar surface area (TPSA) is 118 Å². The van der Waals surface area contributed by atoms with Gasteiger partial charge in [0.2, 0.25) is 11.8 Å². The number of nitrogens with zero attached hydrogens (tertiary/aromatic N) is 6. The Hall–Kier alpha value is -3.34. The smallest absolute Gasteiger partial charge is 0.248 e. The van der Waals surface area contributed by atoms with Crippen molar-refractivity contribution in [3.63, 3.8) is 0 Å². The number of hydrogen-bond acceptors (Lipinski definition) is 6. The summed E-state index contributed by atoms with van der Waals surface area (Å²) in [7, 11) is 0. The minimum atomic E-state index is -0.831. The number of nitrogens with one attached hydrogen (secondary N) is 1. The molecule has 35 heavy (non-hydrogen) atoms. The van der Waals surface area contributed by atoms with Gasteiger partial charge < -0.3 is 19.7 Å². The van der Waals surface area contributed by atoms with Crippen LogP contribution in [0.25, 0.3) is 5.65 Å². The van der Waals surface area contributed by atoms with E-state index >= 15 is 0 Å². The number of amides is 2. The molecule has 1 aliphatic heterocycles. The summed E-state index contributed by atoms with van der Waals surface area (Å²) < 4.78 is 17.1. The van der Waals surface area contributed by atoms with Crippen LogP contribution in [-0.2, 0) is 16.1 Å². The van der Waals surface area contributed by atoms with E-state index in [0.717, 1.165) is 18.5 Å². The number of aliphatic hydroxyl groups excluding tert-OH is 1. The average Bonchev–Trinajstić information content (AvgIpc) is 3.18. The fourth-order valence-corrected chi connectivity index (χ4v) is 4.74. The second-order valence-corrected chi connectivity index (χ2v) is 10.6. The standard InChI is InChI=1S/C24H30FN7O3/c1-24(2,3)20(32-13-18(28-29-32)14-6-7-14)23(35)31-12-16(33)9-19(31)22(34)26-10-15-11-30-8-4-5-17(25)21(30)27-15/h4-5,8,11,13-14,16,19-20,33H,6-7,9-10,12H2,1-3H3,(H,26,34)/t16?,19?,20-/m1/s1. The van der Waals surface area contributed by atoms with E-state index in [1.165, 1.54) is 11.0 Å². The maximum Gasteiger partial charge on any atom is 0.248 e. The molecule has 3 aromatic heterocycles. The number of aliphatic hydroxyl groups is 1. The highest BCUT2D eigenvalue weighted by atomic mass is 19.1. The van der Waals surface area contributed by atoms with E-state index in [1.54, 1.807) is 27.5 Å². The van der Waals surface area contributed by atoms with Gasteiger partial charge in [0.15, 0.2) is 11.5 Å². The average molecular weight is 484 g/mol. The van der Waals surface area contributed by atoms with Crippen molar-refractivity contribution in [3.05, 3.63) is 47.9 Å². The van der Waals surface area contributed by atoms with Gasteiger partial charge in [0.25, 0.3) is 0 Å².